The van der Waals surface area contributed by atoms with Gasteiger partial charge in [-0.15, -0.1) is 0 Å². The zero-order valence-electron chi connectivity index (χ0n) is 11.6. The molecule has 0 aliphatic heterocycles. The van der Waals surface area contributed by atoms with E-state index in [4.69, 9.17) is 0 Å². The Morgan fingerprint density at radius 3 is 2.60 bits per heavy atom. The molecule has 4 aromatic rings. The van der Waals surface area contributed by atoms with Crippen LogP contribution < -0.4 is 4.57 Å². The maximum absolute atomic E-state index is 3.54. The summed E-state index contributed by atoms with van der Waals surface area (Å²) >= 11 is 0. The second kappa shape index (κ2) is 3.97. The Balaban J connectivity index is 2.09. The number of nitrogens with one attached hydrogen (secondary N) is 1. The van der Waals surface area contributed by atoms with Gasteiger partial charge in [-0.2, -0.15) is 0 Å². The van der Waals surface area contributed by atoms with Crippen molar-refractivity contribution in [2.24, 2.45) is 7.05 Å². The van der Waals surface area contributed by atoms with Gasteiger partial charge in [0.25, 0.3) is 0 Å². The molecule has 1 N–H and O–H groups in total. The molecule has 0 fully saturated rings. The zero-order chi connectivity index (χ0) is 13.7. The van der Waals surface area contributed by atoms with Gasteiger partial charge in [-0.25, -0.2) is 4.57 Å². The summed E-state index contributed by atoms with van der Waals surface area (Å²) in [6, 6.07) is 16.9. The molecule has 0 unspecified atom stereocenters. The Labute approximate surface area is 117 Å². The van der Waals surface area contributed by atoms with Gasteiger partial charge >= 0.3 is 0 Å². The van der Waals surface area contributed by atoms with E-state index < -0.39 is 0 Å². The van der Waals surface area contributed by atoms with Gasteiger partial charge in [0.15, 0.2) is 6.33 Å². The highest BCUT2D eigenvalue weighted by Gasteiger charge is 2.18. The largest absolute Gasteiger partial charge is 0.272 e. The second-order valence-electron chi connectivity index (χ2n) is 5.23. The van der Waals surface area contributed by atoms with Gasteiger partial charge in [-0.05, 0) is 25.1 Å². The van der Waals surface area contributed by atoms with E-state index in [1.165, 1.54) is 27.5 Å². The molecule has 2 aromatic heterocycles. The maximum Gasteiger partial charge on any atom is 0.234 e. The molecule has 0 amide bonds. The minimum absolute atomic E-state index is 1.14. The Kier molecular flexibility index (Phi) is 2.24. The SMILES string of the molecule is Cc1c(-[n+]2cn(C)c3ccccc32)[nH]c2ccccc12. The van der Waals surface area contributed by atoms with Crippen molar-refractivity contribution in [1.29, 1.82) is 0 Å². The summed E-state index contributed by atoms with van der Waals surface area (Å²) in [4.78, 5) is 3.54. The van der Waals surface area contributed by atoms with Crippen molar-refractivity contribution in [3.05, 3.63) is 60.4 Å². The number of hydrogen-bond donors (Lipinski definition) is 1. The molecule has 2 heterocycles. The topological polar surface area (TPSA) is 24.6 Å². The molecule has 2 aromatic carbocycles. The van der Waals surface area contributed by atoms with Crippen molar-refractivity contribution in [3.63, 3.8) is 0 Å². The average Bonchev–Trinajstić information content (AvgIpc) is 2.99. The number of fused-ring (bicyclic) bond motifs is 2. The molecule has 0 saturated carbocycles. The first-order valence-corrected chi connectivity index (χ1v) is 6.79. The minimum atomic E-state index is 1.14. The molecule has 20 heavy (non-hydrogen) atoms. The molecule has 3 heteroatoms. The van der Waals surface area contributed by atoms with E-state index in [1.54, 1.807) is 0 Å². The Morgan fingerprint density at radius 1 is 1.00 bits per heavy atom. The lowest BCUT2D eigenvalue weighted by atomic mass is 10.2. The molecule has 0 aliphatic rings. The molecule has 0 saturated heterocycles. The van der Waals surface area contributed by atoms with Crippen molar-refractivity contribution in [3.8, 4) is 5.82 Å². The molecule has 0 bridgehead atoms. The fourth-order valence-corrected chi connectivity index (χ4v) is 2.95. The molecular formula is C17H16N3+. The van der Waals surface area contributed by atoms with Gasteiger partial charge in [-0.1, -0.05) is 30.3 Å². The first kappa shape index (κ1) is 11.3. The third-order valence-corrected chi connectivity index (χ3v) is 3.99. The van der Waals surface area contributed by atoms with E-state index >= 15 is 0 Å². The average molecular weight is 262 g/mol. The van der Waals surface area contributed by atoms with Gasteiger partial charge in [0, 0.05) is 10.9 Å². The number of nitrogens with zero attached hydrogens (tertiary/aromatic N) is 2. The van der Waals surface area contributed by atoms with Crippen LogP contribution in [0.1, 0.15) is 5.56 Å². The number of H-pyrrole nitrogens is 1. The quantitative estimate of drug-likeness (QED) is 0.509. The van der Waals surface area contributed by atoms with Crippen LogP contribution in [0, 0.1) is 6.92 Å². The van der Waals surface area contributed by atoms with Crippen LogP contribution in [0.3, 0.4) is 0 Å². The van der Waals surface area contributed by atoms with E-state index in [9.17, 15) is 0 Å². The van der Waals surface area contributed by atoms with Crippen LogP contribution in [0.25, 0.3) is 27.8 Å². The van der Waals surface area contributed by atoms with Crippen LogP contribution in [-0.2, 0) is 7.05 Å². The Hall–Kier alpha value is -2.55. The van der Waals surface area contributed by atoms with Crippen LogP contribution in [0.4, 0.5) is 0 Å². The van der Waals surface area contributed by atoms with Crippen LogP contribution in [0.15, 0.2) is 54.9 Å². The molecule has 0 spiro atoms. The van der Waals surface area contributed by atoms with Crippen LogP contribution in [0.5, 0.6) is 0 Å². The number of aromatic amines is 1. The number of aromatic nitrogens is 3. The smallest absolute Gasteiger partial charge is 0.234 e. The third-order valence-electron chi connectivity index (χ3n) is 3.99. The summed E-state index contributed by atoms with van der Waals surface area (Å²) in [5.41, 5.74) is 4.90. The third kappa shape index (κ3) is 1.43. The second-order valence-corrected chi connectivity index (χ2v) is 5.23. The van der Waals surface area contributed by atoms with Crippen LogP contribution >= 0.6 is 0 Å². The normalized spacial score (nSPS) is 11.5. The lowest BCUT2D eigenvalue weighted by Gasteiger charge is -1.95. The van der Waals surface area contributed by atoms with Crippen molar-refractivity contribution in [2.75, 3.05) is 0 Å². The predicted octanol–water partition coefficient (Wildman–Crippen LogP) is 3.24. The molecule has 0 radical (unpaired) electrons. The number of aryl methyl sites for hydroxylation is 2. The molecule has 3 nitrogen and oxygen atoms in total. The maximum atomic E-state index is 3.54. The van der Waals surface area contributed by atoms with E-state index in [1.807, 2.05) is 0 Å². The molecule has 4 rings (SSSR count). The van der Waals surface area contributed by atoms with Gasteiger partial charge in [0.2, 0.25) is 5.82 Å². The summed E-state index contributed by atoms with van der Waals surface area (Å²) in [6.45, 7) is 2.17. The lowest BCUT2D eigenvalue weighted by Crippen LogP contribution is -2.30. The number of hydrogen-bond acceptors (Lipinski definition) is 0. The molecule has 0 aliphatic carbocycles. The lowest BCUT2D eigenvalue weighted by molar-refractivity contribution is -0.572. The Bertz CT molecular complexity index is 928. The minimum Gasteiger partial charge on any atom is -0.272 e. The summed E-state index contributed by atoms with van der Waals surface area (Å²) in [7, 11) is 2.08. The van der Waals surface area contributed by atoms with Crippen molar-refractivity contribution in [2.45, 2.75) is 6.92 Å². The number of para-hydroxylation sites is 3. The highest BCUT2D eigenvalue weighted by Crippen LogP contribution is 2.22. The van der Waals surface area contributed by atoms with E-state index in [-0.39, 0.29) is 0 Å². The summed E-state index contributed by atoms with van der Waals surface area (Å²) in [5.74, 6) is 1.14. The monoisotopic (exact) mass is 262 g/mol. The molecular weight excluding hydrogens is 246 g/mol. The van der Waals surface area contributed by atoms with E-state index in [0.29, 0.717) is 0 Å². The molecule has 98 valence electrons. The number of rotatable bonds is 1. The van der Waals surface area contributed by atoms with Gasteiger partial charge in [0.1, 0.15) is 16.6 Å². The Morgan fingerprint density at radius 2 is 1.75 bits per heavy atom. The van der Waals surface area contributed by atoms with Crippen LogP contribution in [0.2, 0.25) is 0 Å². The van der Waals surface area contributed by atoms with Crippen molar-refractivity contribution >= 4 is 21.9 Å². The molecule has 0 atom stereocenters. The summed E-state index contributed by atoms with van der Waals surface area (Å²) in [6.07, 6.45) is 2.13. The van der Waals surface area contributed by atoms with Crippen molar-refractivity contribution < 1.29 is 4.57 Å². The zero-order valence-corrected chi connectivity index (χ0v) is 11.6. The highest BCUT2D eigenvalue weighted by molar-refractivity contribution is 5.86. The number of imidazole rings is 1. The summed E-state index contributed by atoms with van der Waals surface area (Å²) in [5, 5.41) is 1.28. The van der Waals surface area contributed by atoms with E-state index in [2.05, 4.69) is 82.9 Å². The van der Waals surface area contributed by atoms with Gasteiger partial charge in [0.05, 0.1) is 7.05 Å². The first-order valence-electron chi connectivity index (χ1n) is 6.79. The fraction of sp³-hybridized carbons (Fsp3) is 0.118. The highest BCUT2D eigenvalue weighted by atomic mass is 15.2. The standard InChI is InChI=1S/C17H16N3/c1-12-13-7-3-4-8-14(13)18-17(12)20-11-19(2)15-9-5-6-10-16(15)20/h3-11,18H,1-2H3/q+1. The van der Waals surface area contributed by atoms with Gasteiger partial charge < -0.3 is 0 Å². The van der Waals surface area contributed by atoms with Crippen LogP contribution in [-0.4, -0.2) is 9.55 Å². The first-order chi connectivity index (χ1) is 9.75. The van der Waals surface area contributed by atoms with Crippen molar-refractivity contribution in [1.82, 2.24) is 9.55 Å². The van der Waals surface area contributed by atoms with E-state index in [0.717, 1.165) is 5.82 Å². The summed E-state index contributed by atoms with van der Waals surface area (Å²) < 4.78 is 4.38. The predicted molar refractivity (Wildman–Crippen MR) is 81.0 cm³/mol. The fourth-order valence-electron chi connectivity index (χ4n) is 2.95. The van der Waals surface area contributed by atoms with Gasteiger partial charge in [-0.3, -0.25) is 9.55 Å². The number of benzene rings is 2.